The predicted molar refractivity (Wildman–Crippen MR) is 69.7 cm³/mol. The third kappa shape index (κ3) is 3.20. The SMILES string of the molecule is CN(C)C(=O)c1cc(NC2CCCOC2)ccn1. The average Bonchev–Trinajstić information content (AvgIpc) is 2.39. The highest BCUT2D eigenvalue weighted by atomic mass is 16.5. The van der Waals surface area contributed by atoms with Crippen LogP contribution in [0.1, 0.15) is 23.3 Å². The van der Waals surface area contributed by atoms with Crippen molar-refractivity contribution >= 4 is 11.6 Å². The van der Waals surface area contributed by atoms with Gasteiger partial charge in [-0.2, -0.15) is 0 Å². The quantitative estimate of drug-likeness (QED) is 0.879. The fourth-order valence-electron chi connectivity index (χ4n) is 1.96. The van der Waals surface area contributed by atoms with Gasteiger partial charge in [-0.15, -0.1) is 0 Å². The normalized spacial score (nSPS) is 19.3. The molecule has 1 aliphatic heterocycles. The maximum Gasteiger partial charge on any atom is 0.272 e. The van der Waals surface area contributed by atoms with Gasteiger partial charge in [-0.1, -0.05) is 0 Å². The van der Waals surface area contributed by atoms with Gasteiger partial charge in [0.25, 0.3) is 5.91 Å². The summed E-state index contributed by atoms with van der Waals surface area (Å²) in [6.07, 6.45) is 3.83. The first-order valence-corrected chi connectivity index (χ1v) is 6.19. The summed E-state index contributed by atoms with van der Waals surface area (Å²) < 4.78 is 5.42. The number of ether oxygens (including phenoxy) is 1. The summed E-state index contributed by atoms with van der Waals surface area (Å²) in [4.78, 5) is 17.4. The van der Waals surface area contributed by atoms with Crippen molar-refractivity contribution in [2.45, 2.75) is 18.9 Å². The Morgan fingerprint density at radius 3 is 3.06 bits per heavy atom. The Bertz CT molecular complexity index is 414. The zero-order chi connectivity index (χ0) is 13.0. The Hall–Kier alpha value is -1.62. The molecule has 0 spiro atoms. The van der Waals surface area contributed by atoms with E-state index in [1.165, 1.54) is 4.90 Å². The lowest BCUT2D eigenvalue weighted by molar-refractivity contribution is 0.0822. The summed E-state index contributed by atoms with van der Waals surface area (Å²) in [6.45, 7) is 1.57. The van der Waals surface area contributed by atoms with Gasteiger partial charge in [0.1, 0.15) is 5.69 Å². The third-order valence-electron chi connectivity index (χ3n) is 2.92. The van der Waals surface area contributed by atoms with Gasteiger partial charge >= 0.3 is 0 Å². The second-order valence-electron chi connectivity index (χ2n) is 4.69. The number of carbonyl (C=O) groups is 1. The number of nitrogens with one attached hydrogen (secondary N) is 1. The second-order valence-corrected chi connectivity index (χ2v) is 4.69. The topological polar surface area (TPSA) is 54.5 Å². The summed E-state index contributed by atoms with van der Waals surface area (Å²) in [5, 5.41) is 3.38. The van der Waals surface area contributed by atoms with Crippen molar-refractivity contribution in [1.29, 1.82) is 0 Å². The maximum atomic E-state index is 11.8. The van der Waals surface area contributed by atoms with Crippen molar-refractivity contribution in [1.82, 2.24) is 9.88 Å². The van der Waals surface area contributed by atoms with Gasteiger partial charge in [0.05, 0.1) is 6.61 Å². The van der Waals surface area contributed by atoms with Crippen LogP contribution in [0.25, 0.3) is 0 Å². The van der Waals surface area contributed by atoms with Crippen LogP contribution in [0.2, 0.25) is 0 Å². The second kappa shape index (κ2) is 5.82. The molecule has 0 aliphatic carbocycles. The van der Waals surface area contributed by atoms with Crippen molar-refractivity contribution in [3.05, 3.63) is 24.0 Å². The van der Waals surface area contributed by atoms with E-state index in [1.54, 1.807) is 26.4 Å². The highest BCUT2D eigenvalue weighted by Crippen LogP contribution is 2.15. The fraction of sp³-hybridized carbons (Fsp3) is 0.538. The number of rotatable bonds is 3. The summed E-state index contributed by atoms with van der Waals surface area (Å²) >= 11 is 0. The van der Waals surface area contributed by atoms with Gasteiger partial charge in [-0.25, -0.2) is 0 Å². The van der Waals surface area contributed by atoms with E-state index in [0.717, 1.165) is 31.7 Å². The van der Waals surface area contributed by atoms with Crippen LogP contribution in [0.5, 0.6) is 0 Å². The number of amides is 1. The highest BCUT2D eigenvalue weighted by molar-refractivity contribution is 5.92. The van der Waals surface area contributed by atoms with E-state index in [9.17, 15) is 4.79 Å². The summed E-state index contributed by atoms with van der Waals surface area (Å²) in [7, 11) is 3.44. The van der Waals surface area contributed by atoms with Crippen molar-refractivity contribution in [2.75, 3.05) is 32.6 Å². The van der Waals surface area contributed by atoms with Crippen LogP contribution in [0, 0.1) is 0 Å². The van der Waals surface area contributed by atoms with E-state index in [2.05, 4.69) is 10.3 Å². The molecule has 1 aliphatic rings. The molecule has 18 heavy (non-hydrogen) atoms. The van der Waals surface area contributed by atoms with Crippen LogP contribution < -0.4 is 5.32 Å². The van der Waals surface area contributed by atoms with Crippen LogP contribution in [0.15, 0.2) is 18.3 Å². The van der Waals surface area contributed by atoms with Crippen molar-refractivity contribution < 1.29 is 9.53 Å². The maximum absolute atomic E-state index is 11.8. The van der Waals surface area contributed by atoms with Crippen molar-refractivity contribution in [3.8, 4) is 0 Å². The van der Waals surface area contributed by atoms with E-state index >= 15 is 0 Å². The number of carbonyl (C=O) groups excluding carboxylic acids is 1. The first kappa shape index (κ1) is 12.8. The minimum atomic E-state index is -0.0847. The molecule has 1 aromatic heterocycles. The van der Waals surface area contributed by atoms with Gasteiger partial charge in [0, 0.05) is 38.6 Å². The minimum Gasteiger partial charge on any atom is -0.380 e. The molecule has 5 heteroatoms. The lowest BCUT2D eigenvalue weighted by Gasteiger charge is -2.24. The van der Waals surface area contributed by atoms with Crippen LogP contribution in [-0.2, 0) is 4.74 Å². The monoisotopic (exact) mass is 249 g/mol. The van der Waals surface area contributed by atoms with Gasteiger partial charge in [0.2, 0.25) is 0 Å². The van der Waals surface area contributed by atoms with Crippen LogP contribution in [-0.4, -0.2) is 49.1 Å². The zero-order valence-electron chi connectivity index (χ0n) is 10.8. The molecule has 0 bridgehead atoms. The van der Waals surface area contributed by atoms with Crippen LogP contribution in [0.4, 0.5) is 5.69 Å². The number of pyridine rings is 1. The van der Waals surface area contributed by atoms with Crippen LogP contribution in [0.3, 0.4) is 0 Å². The van der Waals surface area contributed by atoms with E-state index in [-0.39, 0.29) is 5.91 Å². The van der Waals surface area contributed by atoms with E-state index < -0.39 is 0 Å². The smallest absolute Gasteiger partial charge is 0.272 e. The number of aromatic nitrogens is 1. The Morgan fingerprint density at radius 2 is 2.39 bits per heavy atom. The summed E-state index contributed by atoms with van der Waals surface area (Å²) in [6, 6.07) is 3.99. The third-order valence-corrected chi connectivity index (χ3v) is 2.92. The molecule has 1 fully saturated rings. The Balaban J connectivity index is 2.04. The standard InChI is InChI=1S/C13H19N3O2/c1-16(2)13(17)12-8-10(5-6-14-12)15-11-4-3-7-18-9-11/h5-6,8,11H,3-4,7,9H2,1-2H3,(H,14,15). The van der Waals surface area contributed by atoms with Gasteiger partial charge in [-0.05, 0) is 25.0 Å². The molecule has 1 N–H and O–H groups in total. The number of nitrogens with zero attached hydrogens (tertiary/aromatic N) is 2. The molecule has 1 amide bonds. The van der Waals surface area contributed by atoms with E-state index in [4.69, 9.17) is 4.74 Å². The molecular weight excluding hydrogens is 230 g/mol. The molecule has 2 heterocycles. The first-order chi connectivity index (χ1) is 8.66. The molecule has 0 saturated carbocycles. The number of anilines is 1. The van der Waals surface area contributed by atoms with E-state index in [0.29, 0.717) is 11.7 Å². The molecular formula is C13H19N3O2. The fourth-order valence-corrected chi connectivity index (χ4v) is 1.96. The highest BCUT2D eigenvalue weighted by Gasteiger charge is 2.15. The molecule has 5 nitrogen and oxygen atoms in total. The van der Waals surface area contributed by atoms with Crippen molar-refractivity contribution in [2.24, 2.45) is 0 Å². The average molecular weight is 249 g/mol. The number of hydrogen-bond donors (Lipinski definition) is 1. The molecule has 1 atom stereocenters. The zero-order valence-corrected chi connectivity index (χ0v) is 10.8. The van der Waals surface area contributed by atoms with Gasteiger partial charge in [0.15, 0.2) is 0 Å². The Kier molecular flexibility index (Phi) is 4.15. The lowest BCUT2D eigenvalue weighted by atomic mass is 10.1. The summed E-state index contributed by atoms with van der Waals surface area (Å²) in [5.74, 6) is -0.0847. The molecule has 1 saturated heterocycles. The Morgan fingerprint density at radius 1 is 1.56 bits per heavy atom. The molecule has 1 unspecified atom stereocenters. The lowest BCUT2D eigenvalue weighted by Crippen LogP contribution is -2.30. The predicted octanol–water partition coefficient (Wildman–Crippen LogP) is 1.37. The van der Waals surface area contributed by atoms with E-state index in [1.807, 2.05) is 6.07 Å². The summed E-state index contributed by atoms with van der Waals surface area (Å²) in [5.41, 5.74) is 1.38. The molecule has 2 rings (SSSR count). The van der Waals surface area contributed by atoms with Crippen LogP contribution >= 0.6 is 0 Å². The molecule has 0 radical (unpaired) electrons. The minimum absolute atomic E-state index is 0.0847. The largest absolute Gasteiger partial charge is 0.380 e. The van der Waals surface area contributed by atoms with Gasteiger partial charge < -0.3 is 15.0 Å². The first-order valence-electron chi connectivity index (χ1n) is 6.19. The molecule has 0 aromatic carbocycles. The molecule has 98 valence electrons. The Labute approximate surface area is 107 Å². The molecule has 1 aromatic rings. The van der Waals surface area contributed by atoms with Crippen molar-refractivity contribution in [3.63, 3.8) is 0 Å². The number of hydrogen-bond acceptors (Lipinski definition) is 4. The van der Waals surface area contributed by atoms with Gasteiger partial charge in [-0.3, -0.25) is 9.78 Å².